The van der Waals surface area contributed by atoms with E-state index in [4.69, 9.17) is 9.47 Å². The van der Waals surface area contributed by atoms with E-state index in [0.717, 1.165) is 37.2 Å². The van der Waals surface area contributed by atoms with Crippen LogP contribution in [0.15, 0.2) is 12.1 Å². The molecule has 23 heavy (non-hydrogen) atoms. The maximum atomic E-state index is 12.7. The summed E-state index contributed by atoms with van der Waals surface area (Å²) in [5.74, 6) is 1.46. The van der Waals surface area contributed by atoms with Crippen molar-refractivity contribution in [1.29, 1.82) is 0 Å². The molecule has 128 valence electrons. The van der Waals surface area contributed by atoms with Gasteiger partial charge in [-0.1, -0.05) is 33.1 Å². The first-order chi connectivity index (χ1) is 11.2. The predicted octanol–water partition coefficient (Wildman–Crippen LogP) is 3.82. The molecule has 0 saturated carbocycles. The minimum Gasteiger partial charge on any atom is -0.493 e. The van der Waals surface area contributed by atoms with Crippen LogP contribution in [0.2, 0.25) is 0 Å². The van der Waals surface area contributed by atoms with Crippen molar-refractivity contribution in [3.63, 3.8) is 0 Å². The molecule has 1 unspecified atom stereocenters. The SMILES string of the molecule is CCCCCCN1C(=O)C(CC)Nc2cc(OC)c(OC)cc21. The fourth-order valence-corrected chi connectivity index (χ4v) is 2.97. The zero-order valence-corrected chi connectivity index (χ0v) is 14.6. The van der Waals surface area contributed by atoms with Crippen molar-refractivity contribution in [3.8, 4) is 11.5 Å². The lowest BCUT2D eigenvalue weighted by atomic mass is 10.1. The summed E-state index contributed by atoms with van der Waals surface area (Å²) < 4.78 is 10.8. The number of ether oxygens (including phenoxy) is 2. The lowest BCUT2D eigenvalue weighted by molar-refractivity contribution is -0.119. The third-order valence-corrected chi connectivity index (χ3v) is 4.33. The van der Waals surface area contributed by atoms with Gasteiger partial charge in [0.2, 0.25) is 5.91 Å². The van der Waals surface area contributed by atoms with E-state index in [1.54, 1.807) is 14.2 Å². The van der Waals surface area contributed by atoms with Crippen LogP contribution >= 0.6 is 0 Å². The van der Waals surface area contributed by atoms with E-state index in [0.29, 0.717) is 11.5 Å². The summed E-state index contributed by atoms with van der Waals surface area (Å²) in [5.41, 5.74) is 1.82. The minimum atomic E-state index is -0.174. The molecule has 5 heteroatoms. The Hall–Kier alpha value is -1.91. The summed E-state index contributed by atoms with van der Waals surface area (Å²) in [7, 11) is 3.24. The summed E-state index contributed by atoms with van der Waals surface area (Å²) in [6.07, 6.45) is 5.32. The zero-order chi connectivity index (χ0) is 16.8. The number of anilines is 2. The summed E-state index contributed by atoms with van der Waals surface area (Å²) in [4.78, 5) is 14.6. The highest BCUT2D eigenvalue weighted by Crippen LogP contribution is 2.41. The van der Waals surface area contributed by atoms with E-state index in [1.807, 2.05) is 24.0 Å². The third kappa shape index (κ3) is 3.71. The van der Waals surface area contributed by atoms with E-state index in [-0.39, 0.29) is 11.9 Å². The highest BCUT2D eigenvalue weighted by molar-refractivity contribution is 6.05. The van der Waals surface area contributed by atoms with Crippen molar-refractivity contribution < 1.29 is 14.3 Å². The second-order valence-electron chi connectivity index (χ2n) is 5.88. The number of benzene rings is 1. The van der Waals surface area contributed by atoms with Gasteiger partial charge in [-0.2, -0.15) is 0 Å². The van der Waals surface area contributed by atoms with Gasteiger partial charge in [0, 0.05) is 18.7 Å². The van der Waals surface area contributed by atoms with Crippen LogP contribution in [0.5, 0.6) is 11.5 Å². The molecule has 1 aliphatic rings. The summed E-state index contributed by atoms with van der Waals surface area (Å²) >= 11 is 0. The largest absolute Gasteiger partial charge is 0.493 e. The van der Waals surface area contributed by atoms with Crippen molar-refractivity contribution in [2.75, 3.05) is 31.0 Å². The maximum Gasteiger partial charge on any atom is 0.249 e. The molecule has 1 heterocycles. The standard InChI is InChI=1S/C18H28N2O3/c1-5-7-8-9-10-20-15-12-17(23-4)16(22-3)11-14(15)19-13(6-2)18(20)21/h11-13,19H,5-10H2,1-4H3. The van der Waals surface area contributed by atoms with Gasteiger partial charge in [-0.15, -0.1) is 0 Å². The fraction of sp³-hybridized carbons (Fsp3) is 0.611. The molecule has 1 aliphatic heterocycles. The molecule has 0 aromatic heterocycles. The Balaban J connectivity index is 2.31. The number of hydrogen-bond donors (Lipinski definition) is 1. The molecule has 0 saturated heterocycles. The summed E-state index contributed by atoms with van der Waals surface area (Å²) in [6, 6.07) is 3.64. The number of nitrogens with zero attached hydrogens (tertiary/aromatic N) is 1. The summed E-state index contributed by atoms with van der Waals surface area (Å²) in [6.45, 7) is 4.96. The van der Waals surface area contributed by atoms with Gasteiger partial charge in [0.15, 0.2) is 11.5 Å². The third-order valence-electron chi connectivity index (χ3n) is 4.33. The van der Waals surface area contributed by atoms with Crippen LogP contribution in [0.1, 0.15) is 46.0 Å². The predicted molar refractivity (Wildman–Crippen MR) is 93.7 cm³/mol. The first-order valence-electron chi connectivity index (χ1n) is 8.50. The van der Waals surface area contributed by atoms with Gasteiger partial charge in [0.1, 0.15) is 6.04 Å². The van der Waals surface area contributed by atoms with Gasteiger partial charge < -0.3 is 19.7 Å². The number of amides is 1. The molecule has 1 N–H and O–H groups in total. The minimum absolute atomic E-state index is 0.142. The number of fused-ring (bicyclic) bond motifs is 1. The average Bonchev–Trinajstić information content (AvgIpc) is 2.58. The van der Waals surface area contributed by atoms with Gasteiger partial charge in [0.25, 0.3) is 0 Å². The van der Waals surface area contributed by atoms with Crippen LogP contribution in [0.3, 0.4) is 0 Å². The molecule has 0 bridgehead atoms. The molecule has 0 aliphatic carbocycles. The lowest BCUT2D eigenvalue weighted by Crippen LogP contribution is -2.47. The average molecular weight is 320 g/mol. The number of rotatable bonds is 8. The van der Waals surface area contributed by atoms with Crippen molar-refractivity contribution in [2.24, 2.45) is 0 Å². The molecule has 1 aromatic carbocycles. The number of carbonyl (C=O) groups is 1. The molecule has 1 amide bonds. The molecule has 0 spiro atoms. The van der Waals surface area contributed by atoms with Crippen LogP contribution in [-0.4, -0.2) is 32.7 Å². The Kier molecular flexibility index (Phi) is 6.13. The van der Waals surface area contributed by atoms with Crippen molar-refractivity contribution in [2.45, 2.75) is 52.0 Å². The second kappa shape index (κ2) is 8.09. The smallest absolute Gasteiger partial charge is 0.249 e. The molecule has 2 rings (SSSR count). The molecule has 0 radical (unpaired) electrons. The first-order valence-corrected chi connectivity index (χ1v) is 8.50. The van der Waals surface area contributed by atoms with Crippen LogP contribution in [0.25, 0.3) is 0 Å². The van der Waals surface area contributed by atoms with Gasteiger partial charge >= 0.3 is 0 Å². The van der Waals surface area contributed by atoms with E-state index in [9.17, 15) is 4.79 Å². The Morgan fingerprint density at radius 3 is 2.39 bits per heavy atom. The topological polar surface area (TPSA) is 50.8 Å². The lowest BCUT2D eigenvalue weighted by Gasteiger charge is -2.35. The van der Waals surface area contributed by atoms with Gasteiger partial charge in [-0.3, -0.25) is 4.79 Å². The van der Waals surface area contributed by atoms with Gasteiger partial charge in [0.05, 0.1) is 25.6 Å². The molecule has 0 fully saturated rings. The molecule has 1 aromatic rings. The van der Waals surface area contributed by atoms with Crippen molar-refractivity contribution in [1.82, 2.24) is 0 Å². The molecule has 5 nitrogen and oxygen atoms in total. The molecule has 1 atom stereocenters. The van der Waals surface area contributed by atoms with Crippen molar-refractivity contribution >= 4 is 17.3 Å². The van der Waals surface area contributed by atoms with Gasteiger partial charge in [-0.05, 0) is 12.8 Å². The Morgan fingerprint density at radius 1 is 1.09 bits per heavy atom. The second-order valence-corrected chi connectivity index (χ2v) is 5.88. The van der Waals surface area contributed by atoms with E-state index < -0.39 is 0 Å². The number of nitrogens with one attached hydrogen (secondary N) is 1. The molecular formula is C18H28N2O3. The van der Waals surface area contributed by atoms with E-state index in [1.165, 1.54) is 12.8 Å². The van der Waals surface area contributed by atoms with Crippen LogP contribution in [-0.2, 0) is 4.79 Å². The Morgan fingerprint density at radius 2 is 1.78 bits per heavy atom. The van der Waals surface area contributed by atoms with Crippen LogP contribution in [0, 0.1) is 0 Å². The zero-order valence-electron chi connectivity index (χ0n) is 14.6. The van der Waals surface area contributed by atoms with Crippen LogP contribution < -0.4 is 19.7 Å². The van der Waals surface area contributed by atoms with Gasteiger partial charge in [-0.25, -0.2) is 0 Å². The summed E-state index contributed by atoms with van der Waals surface area (Å²) in [5, 5.41) is 3.33. The number of unbranched alkanes of at least 4 members (excludes halogenated alkanes) is 3. The van der Waals surface area contributed by atoms with E-state index in [2.05, 4.69) is 12.2 Å². The number of carbonyl (C=O) groups excluding carboxylic acids is 1. The Bertz CT molecular complexity index is 545. The maximum absolute atomic E-state index is 12.7. The monoisotopic (exact) mass is 320 g/mol. The van der Waals surface area contributed by atoms with Crippen LogP contribution in [0.4, 0.5) is 11.4 Å². The molecular weight excluding hydrogens is 292 g/mol. The van der Waals surface area contributed by atoms with E-state index >= 15 is 0 Å². The highest BCUT2D eigenvalue weighted by atomic mass is 16.5. The highest BCUT2D eigenvalue weighted by Gasteiger charge is 2.32. The quantitative estimate of drug-likeness (QED) is 0.740. The number of methoxy groups -OCH3 is 2. The number of hydrogen-bond acceptors (Lipinski definition) is 4. The first kappa shape index (κ1) is 17.4. The normalized spacial score (nSPS) is 16.8. The van der Waals surface area contributed by atoms with Crippen molar-refractivity contribution in [3.05, 3.63) is 12.1 Å². The fourth-order valence-electron chi connectivity index (χ4n) is 2.97. The Labute approximate surface area is 139 Å².